The second-order valence-corrected chi connectivity index (χ2v) is 8.44. The van der Waals surface area contributed by atoms with E-state index < -0.39 is 43.4 Å². The lowest BCUT2D eigenvalue weighted by molar-refractivity contribution is 0.00114. The molecule has 3 nitrogen and oxygen atoms in total. The molecular formula is C14H15F3O3S. The number of sulfone groups is 1. The molecule has 0 spiro atoms. The molecule has 2 aliphatic heterocycles. The van der Waals surface area contributed by atoms with Crippen molar-refractivity contribution in [3.8, 4) is 0 Å². The van der Waals surface area contributed by atoms with Gasteiger partial charge in [-0.3, -0.25) is 0 Å². The molecule has 2 heterocycles. The summed E-state index contributed by atoms with van der Waals surface area (Å²) in [5.74, 6) is -4.40. The van der Waals surface area contributed by atoms with Gasteiger partial charge in [0, 0.05) is 5.56 Å². The Morgan fingerprint density at radius 1 is 1.05 bits per heavy atom. The number of fused-ring (bicyclic) bond motifs is 2. The molecule has 21 heavy (non-hydrogen) atoms. The van der Waals surface area contributed by atoms with E-state index in [4.69, 9.17) is 0 Å². The second kappa shape index (κ2) is 4.71. The zero-order chi connectivity index (χ0) is 15.4. The Balaban J connectivity index is 2.06. The minimum Gasteiger partial charge on any atom is -0.385 e. The van der Waals surface area contributed by atoms with Crippen molar-refractivity contribution in [2.75, 3.05) is 0 Å². The Kier molecular flexibility index (Phi) is 3.33. The fourth-order valence-electron chi connectivity index (χ4n) is 3.55. The summed E-state index contributed by atoms with van der Waals surface area (Å²) < 4.78 is 64.7. The standard InChI is InChI=1S/C14H15F3O3S/c15-11-5-4-10(12(16)13(11)17)14(18)6-8-2-1-3-9(7-14)21(8,19)20/h4-5,8-9,18H,1-3,6-7H2. The highest BCUT2D eigenvalue weighted by Crippen LogP contribution is 2.46. The fourth-order valence-corrected chi connectivity index (χ4v) is 6.10. The summed E-state index contributed by atoms with van der Waals surface area (Å²) in [5, 5.41) is 9.19. The zero-order valence-electron chi connectivity index (χ0n) is 11.2. The summed E-state index contributed by atoms with van der Waals surface area (Å²) in [4.78, 5) is 0. The van der Waals surface area contributed by atoms with Gasteiger partial charge in [-0.1, -0.05) is 12.5 Å². The molecule has 2 aliphatic rings. The summed E-state index contributed by atoms with van der Waals surface area (Å²) >= 11 is 0. The molecule has 2 fully saturated rings. The normalized spacial score (nSPS) is 34.7. The fraction of sp³-hybridized carbons (Fsp3) is 0.571. The molecule has 1 aromatic rings. The Morgan fingerprint density at radius 2 is 1.62 bits per heavy atom. The van der Waals surface area contributed by atoms with Crippen LogP contribution in [0.2, 0.25) is 0 Å². The van der Waals surface area contributed by atoms with E-state index in [1.807, 2.05) is 0 Å². The van der Waals surface area contributed by atoms with E-state index in [1.54, 1.807) is 0 Å². The average molecular weight is 320 g/mol. The smallest absolute Gasteiger partial charge is 0.194 e. The molecule has 1 N–H and O–H groups in total. The topological polar surface area (TPSA) is 54.4 Å². The van der Waals surface area contributed by atoms with E-state index in [0.29, 0.717) is 12.8 Å². The lowest BCUT2D eigenvalue weighted by Gasteiger charge is -2.44. The monoisotopic (exact) mass is 320 g/mol. The maximum absolute atomic E-state index is 13.9. The first-order valence-corrected chi connectivity index (χ1v) is 8.46. The van der Waals surface area contributed by atoms with E-state index in [1.165, 1.54) is 0 Å². The van der Waals surface area contributed by atoms with Gasteiger partial charge in [-0.2, -0.15) is 0 Å². The van der Waals surface area contributed by atoms with Gasteiger partial charge < -0.3 is 5.11 Å². The first kappa shape index (κ1) is 14.8. The third-order valence-corrected chi connectivity index (χ3v) is 7.31. The van der Waals surface area contributed by atoms with Crippen molar-refractivity contribution in [2.24, 2.45) is 0 Å². The van der Waals surface area contributed by atoms with Crippen molar-refractivity contribution in [1.29, 1.82) is 0 Å². The number of halogens is 3. The molecule has 0 aliphatic carbocycles. The van der Waals surface area contributed by atoms with E-state index >= 15 is 0 Å². The molecule has 7 heteroatoms. The lowest BCUT2D eigenvalue weighted by atomic mass is 9.80. The van der Waals surface area contributed by atoms with Gasteiger partial charge >= 0.3 is 0 Å². The van der Waals surface area contributed by atoms with Gasteiger partial charge in [0.05, 0.1) is 16.1 Å². The van der Waals surface area contributed by atoms with Crippen LogP contribution in [0.3, 0.4) is 0 Å². The van der Waals surface area contributed by atoms with Crippen molar-refractivity contribution in [1.82, 2.24) is 0 Å². The van der Waals surface area contributed by atoms with Crippen molar-refractivity contribution in [2.45, 2.75) is 48.2 Å². The minimum absolute atomic E-state index is 0.173. The second-order valence-electron chi connectivity index (χ2n) is 5.93. The largest absolute Gasteiger partial charge is 0.385 e. The summed E-state index contributed by atoms with van der Waals surface area (Å²) in [5.41, 5.74) is -2.12. The maximum atomic E-state index is 13.9. The van der Waals surface area contributed by atoms with Gasteiger partial charge in [0.25, 0.3) is 0 Å². The minimum atomic E-state index is -3.33. The third-order valence-electron chi connectivity index (χ3n) is 4.65. The van der Waals surface area contributed by atoms with Crippen molar-refractivity contribution < 1.29 is 26.7 Å². The predicted octanol–water partition coefficient (Wildman–Crippen LogP) is 2.42. The number of hydrogen-bond donors (Lipinski definition) is 1. The van der Waals surface area contributed by atoms with E-state index in [2.05, 4.69) is 0 Å². The Hall–Kier alpha value is -1.08. The van der Waals surface area contributed by atoms with E-state index in [9.17, 15) is 26.7 Å². The number of benzene rings is 1. The molecule has 1 aromatic carbocycles. The predicted molar refractivity (Wildman–Crippen MR) is 69.8 cm³/mol. The van der Waals surface area contributed by atoms with Crippen LogP contribution in [0, 0.1) is 17.5 Å². The molecule has 2 bridgehead atoms. The lowest BCUT2D eigenvalue weighted by Crippen LogP contribution is -2.50. The molecule has 2 atom stereocenters. The summed E-state index contributed by atoms with van der Waals surface area (Å²) in [7, 11) is -3.33. The Labute approximate surface area is 120 Å². The highest BCUT2D eigenvalue weighted by Gasteiger charge is 2.52. The van der Waals surface area contributed by atoms with Crippen LogP contribution >= 0.6 is 0 Å². The maximum Gasteiger partial charge on any atom is 0.194 e. The van der Waals surface area contributed by atoms with Crippen LogP contribution in [-0.2, 0) is 15.4 Å². The molecule has 2 saturated heterocycles. The Bertz CT molecular complexity index is 667. The molecule has 0 saturated carbocycles. The molecule has 0 radical (unpaired) electrons. The van der Waals surface area contributed by atoms with E-state index in [-0.39, 0.29) is 18.4 Å². The average Bonchev–Trinajstić information content (AvgIpc) is 2.38. The SMILES string of the molecule is O=S1(=O)C2CCCC1CC(O)(c1ccc(F)c(F)c1F)C2. The number of aliphatic hydroxyl groups is 1. The van der Waals surface area contributed by atoms with Crippen molar-refractivity contribution in [3.63, 3.8) is 0 Å². The first-order chi connectivity index (χ1) is 9.75. The molecule has 2 unspecified atom stereocenters. The van der Waals surface area contributed by atoms with Crippen LogP contribution in [0.15, 0.2) is 12.1 Å². The summed E-state index contributed by atoms with van der Waals surface area (Å²) in [6.07, 6.45) is 1.21. The molecule has 0 amide bonds. The highest BCUT2D eigenvalue weighted by molar-refractivity contribution is 7.92. The molecule has 116 valence electrons. The van der Waals surface area contributed by atoms with Gasteiger partial charge in [0.15, 0.2) is 27.3 Å². The van der Waals surface area contributed by atoms with Gasteiger partial charge in [-0.15, -0.1) is 0 Å². The number of hydrogen-bond acceptors (Lipinski definition) is 3. The van der Waals surface area contributed by atoms with Crippen LogP contribution in [0.25, 0.3) is 0 Å². The Morgan fingerprint density at radius 3 is 2.19 bits per heavy atom. The molecule has 3 rings (SSSR count). The summed E-state index contributed by atoms with van der Waals surface area (Å²) in [6.45, 7) is 0. The van der Waals surface area contributed by atoms with Gasteiger partial charge in [0.2, 0.25) is 0 Å². The van der Waals surface area contributed by atoms with Crippen molar-refractivity contribution in [3.05, 3.63) is 35.1 Å². The van der Waals surface area contributed by atoms with Crippen LogP contribution in [0.4, 0.5) is 13.2 Å². The quantitative estimate of drug-likeness (QED) is 0.809. The van der Waals surface area contributed by atoms with Crippen molar-refractivity contribution >= 4 is 9.84 Å². The highest BCUT2D eigenvalue weighted by atomic mass is 32.2. The molecule has 0 aromatic heterocycles. The number of rotatable bonds is 1. The molecular weight excluding hydrogens is 305 g/mol. The van der Waals surface area contributed by atoms with Crippen LogP contribution < -0.4 is 0 Å². The third kappa shape index (κ3) is 2.17. The van der Waals surface area contributed by atoms with Gasteiger partial charge in [-0.25, -0.2) is 21.6 Å². The van der Waals surface area contributed by atoms with Gasteiger partial charge in [-0.05, 0) is 31.7 Å². The van der Waals surface area contributed by atoms with Crippen LogP contribution in [0.5, 0.6) is 0 Å². The zero-order valence-corrected chi connectivity index (χ0v) is 12.0. The first-order valence-electron chi connectivity index (χ1n) is 6.85. The van der Waals surface area contributed by atoms with Crippen LogP contribution in [-0.4, -0.2) is 24.0 Å². The summed E-state index contributed by atoms with van der Waals surface area (Å²) in [6, 6.07) is 1.76. The van der Waals surface area contributed by atoms with E-state index in [0.717, 1.165) is 18.6 Å². The van der Waals surface area contributed by atoms with Gasteiger partial charge in [0.1, 0.15) is 0 Å². The van der Waals surface area contributed by atoms with Crippen LogP contribution in [0.1, 0.15) is 37.7 Å².